The molecule has 2 aliphatic rings. The Bertz CT molecular complexity index is 2470. The molecule has 0 amide bonds. The number of benzene rings is 8. The number of hydrogen-bond acceptors (Lipinski definition) is 2. The summed E-state index contributed by atoms with van der Waals surface area (Å²) in [6.45, 7) is 0.101. The van der Waals surface area contributed by atoms with E-state index in [1.165, 1.54) is 82.8 Å². The Kier molecular flexibility index (Phi) is 5.12. The molecule has 0 N–H and O–H groups in total. The van der Waals surface area contributed by atoms with Crippen molar-refractivity contribution >= 4 is 89.5 Å². The topological polar surface area (TPSA) is 6.48 Å². The Morgan fingerprint density at radius 2 is 0.778 bits per heavy atom. The molecule has 0 bridgehead atoms. The number of anilines is 6. The summed E-state index contributed by atoms with van der Waals surface area (Å²) in [7, 11) is 0. The normalized spacial score (nSPS) is 13.2. The first-order chi connectivity index (χ1) is 22.4. The number of nitrogens with zero attached hydrogens (tertiary/aromatic N) is 2. The van der Waals surface area contributed by atoms with Crippen LogP contribution < -0.4 is 26.2 Å². The van der Waals surface area contributed by atoms with Gasteiger partial charge in [-0.15, -0.1) is 0 Å². The second-order valence-corrected chi connectivity index (χ2v) is 12.1. The van der Waals surface area contributed by atoms with Crippen LogP contribution in [0.3, 0.4) is 0 Å². The lowest BCUT2D eigenvalue weighted by molar-refractivity contribution is 1.27. The molecule has 3 heteroatoms. The Morgan fingerprint density at radius 1 is 0.311 bits per heavy atom. The van der Waals surface area contributed by atoms with Crippen LogP contribution in [-0.4, -0.2) is 6.71 Å². The molecule has 8 aromatic rings. The zero-order chi connectivity index (χ0) is 29.5. The van der Waals surface area contributed by atoms with Crippen LogP contribution in [0.1, 0.15) is 0 Å². The monoisotopic (exact) mass is 570 g/mol. The van der Waals surface area contributed by atoms with Crippen molar-refractivity contribution in [2.45, 2.75) is 0 Å². The van der Waals surface area contributed by atoms with E-state index in [-0.39, 0.29) is 6.71 Å². The van der Waals surface area contributed by atoms with Gasteiger partial charge in [0.2, 0.25) is 0 Å². The number of para-hydroxylation sites is 1. The van der Waals surface area contributed by atoms with Gasteiger partial charge in [-0.2, -0.15) is 0 Å². The molecule has 0 aromatic heterocycles. The fourth-order valence-electron chi connectivity index (χ4n) is 7.96. The van der Waals surface area contributed by atoms with E-state index in [2.05, 4.69) is 174 Å². The summed E-state index contributed by atoms with van der Waals surface area (Å²) in [4.78, 5) is 5.05. The molecule has 45 heavy (non-hydrogen) atoms. The molecule has 0 atom stereocenters. The SMILES string of the molecule is c1ccc2c(c1)B1c3ccc4ccccc4c3N(c3cccc4ccccc34)c3cccc(c31)N2c1cccc2ccccc12. The molecule has 0 unspecified atom stereocenters. The van der Waals surface area contributed by atoms with Crippen molar-refractivity contribution in [3.63, 3.8) is 0 Å². The Labute approximate surface area is 262 Å². The molecule has 10 rings (SSSR count). The van der Waals surface area contributed by atoms with Crippen molar-refractivity contribution < 1.29 is 0 Å². The molecule has 0 radical (unpaired) electrons. The van der Waals surface area contributed by atoms with E-state index in [0.29, 0.717) is 0 Å². The van der Waals surface area contributed by atoms with Gasteiger partial charge < -0.3 is 9.80 Å². The van der Waals surface area contributed by atoms with Crippen LogP contribution in [0.5, 0.6) is 0 Å². The van der Waals surface area contributed by atoms with E-state index in [4.69, 9.17) is 0 Å². The average Bonchev–Trinajstić information content (AvgIpc) is 3.11. The Balaban J connectivity index is 1.35. The first kappa shape index (κ1) is 24.6. The van der Waals surface area contributed by atoms with Crippen LogP contribution in [0.2, 0.25) is 0 Å². The summed E-state index contributed by atoms with van der Waals surface area (Å²) in [5, 5.41) is 7.51. The van der Waals surface area contributed by atoms with Gasteiger partial charge >= 0.3 is 0 Å². The molecular formula is C42H27BN2. The fourth-order valence-corrected chi connectivity index (χ4v) is 7.96. The van der Waals surface area contributed by atoms with Gasteiger partial charge in [-0.1, -0.05) is 133 Å². The van der Waals surface area contributed by atoms with E-state index in [1.807, 2.05) is 0 Å². The standard InChI is InChI=1S/C42H27BN2/c1-4-17-31-28(12-1)15-9-22-36(31)44-38-21-8-7-20-34(38)43-35-27-26-30-14-3-6-19-33(30)42(35)45(40-25-11-24-39(44)41(40)43)37-23-10-16-29-13-2-5-18-32(29)37/h1-27H. The lowest BCUT2D eigenvalue weighted by atomic mass is 9.33. The van der Waals surface area contributed by atoms with Crippen LogP contribution in [0, 0.1) is 0 Å². The molecule has 2 heterocycles. The molecule has 0 aliphatic carbocycles. The third-order valence-electron chi connectivity index (χ3n) is 9.80. The van der Waals surface area contributed by atoms with Crippen molar-refractivity contribution in [2.24, 2.45) is 0 Å². The smallest absolute Gasteiger partial charge is 0.252 e. The van der Waals surface area contributed by atoms with Crippen LogP contribution >= 0.6 is 0 Å². The van der Waals surface area contributed by atoms with Gasteiger partial charge in [-0.05, 0) is 62.9 Å². The number of fused-ring (bicyclic) bond motifs is 8. The van der Waals surface area contributed by atoms with Crippen molar-refractivity contribution in [3.05, 3.63) is 164 Å². The minimum Gasteiger partial charge on any atom is -0.311 e. The van der Waals surface area contributed by atoms with E-state index in [9.17, 15) is 0 Å². The maximum atomic E-state index is 2.55. The summed E-state index contributed by atoms with van der Waals surface area (Å²) in [5.41, 5.74) is 11.4. The van der Waals surface area contributed by atoms with Crippen molar-refractivity contribution in [3.8, 4) is 0 Å². The first-order valence-corrected chi connectivity index (χ1v) is 15.7. The Hall–Kier alpha value is -5.80. The summed E-state index contributed by atoms with van der Waals surface area (Å²) >= 11 is 0. The summed E-state index contributed by atoms with van der Waals surface area (Å²) in [5.74, 6) is 0. The molecule has 208 valence electrons. The predicted molar refractivity (Wildman–Crippen MR) is 193 cm³/mol. The molecule has 8 aromatic carbocycles. The molecule has 0 spiro atoms. The van der Waals surface area contributed by atoms with Crippen molar-refractivity contribution in [1.29, 1.82) is 0 Å². The van der Waals surface area contributed by atoms with Gasteiger partial charge in [0, 0.05) is 38.9 Å². The number of rotatable bonds is 2. The molecule has 0 saturated carbocycles. The molecule has 0 saturated heterocycles. The summed E-state index contributed by atoms with van der Waals surface area (Å²) in [6, 6.07) is 60.3. The van der Waals surface area contributed by atoms with Crippen LogP contribution in [-0.2, 0) is 0 Å². The minimum absolute atomic E-state index is 0.101. The zero-order valence-corrected chi connectivity index (χ0v) is 24.6. The third kappa shape index (κ3) is 3.41. The highest BCUT2D eigenvalue weighted by atomic mass is 15.2. The predicted octanol–water partition coefficient (Wildman–Crippen LogP) is 9.23. The van der Waals surface area contributed by atoms with Gasteiger partial charge in [0.15, 0.2) is 0 Å². The third-order valence-corrected chi connectivity index (χ3v) is 9.80. The summed E-state index contributed by atoms with van der Waals surface area (Å²) in [6.07, 6.45) is 0. The molecule has 0 fully saturated rings. The Morgan fingerprint density at radius 3 is 1.49 bits per heavy atom. The average molecular weight is 571 g/mol. The number of hydrogen-bond donors (Lipinski definition) is 0. The summed E-state index contributed by atoms with van der Waals surface area (Å²) < 4.78 is 0. The highest BCUT2D eigenvalue weighted by Gasteiger charge is 2.43. The van der Waals surface area contributed by atoms with E-state index < -0.39 is 0 Å². The van der Waals surface area contributed by atoms with Crippen LogP contribution in [0.15, 0.2) is 164 Å². The fraction of sp³-hybridized carbons (Fsp3) is 0. The second-order valence-electron chi connectivity index (χ2n) is 12.1. The second kappa shape index (κ2) is 9.35. The van der Waals surface area contributed by atoms with Crippen LogP contribution in [0.4, 0.5) is 34.1 Å². The highest BCUT2D eigenvalue weighted by Crippen LogP contribution is 2.47. The maximum Gasteiger partial charge on any atom is 0.252 e. The molecule has 2 aliphatic heterocycles. The lowest BCUT2D eigenvalue weighted by Gasteiger charge is -2.44. The van der Waals surface area contributed by atoms with Crippen molar-refractivity contribution in [2.75, 3.05) is 9.80 Å². The van der Waals surface area contributed by atoms with Gasteiger partial charge in [0.25, 0.3) is 6.71 Å². The lowest BCUT2D eigenvalue weighted by Crippen LogP contribution is -2.61. The zero-order valence-electron chi connectivity index (χ0n) is 24.6. The van der Waals surface area contributed by atoms with Gasteiger partial charge in [-0.25, -0.2) is 0 Å². The minimum atomic E-state index is 0.101. The quantitative estimate of drug-likeness (QED) is 0.191. The van der Waals surface area contributed by atoms with Crippen molar-refractivity contribution in [1.82, 2.24) is 0 Å². The molecular weight excluding hydrogens is 543 g/mol. The van der Waals surface area contributed by atoms with Gasteiger partial charge in [0.1, 0.15) is 0 Å². The van der Waals surface area contributed by atoms with E-state index in [0.717, 1.165) is 0 Å². The van der Waals surface area contributed by atoms with E-state index in [1.54, 1.807) is 0 Å². The van der Waals surface area contributed by atoms with Gasteiger partial charge in [-0.3, -0.25) is 0 Å². The largest absolute Gasteiger partial charge is 0.311 e. The van der Waals surface area contributed by atoms with E-state index >= 15 is 0 Å². The first-order valence-electron chi connectivity index (χ1n) is 15.7. The molecule has 2 nitrogen and oxygen atoms in total. The highest BCUT2D eigenvalue weighted by molar-refractivity contribution is 7.00. The van der Waals surface area contributed by atoms with Crippen LogP contribution in [0.25, 0.3) is 32.3 Å². The maximum absolute atomic E-state index is 2.55. The van der Waals surface area contributed by atoms with Gasteiger partial charge in [0.05, 0.1) is 11.4 Å².